The fraction of sp³-hybridized carbons (Fsp3) is 0.591. The minimum Gasteiger partial charge on any atom is -0.334 e. The van der Waals surface area contributed by atoms with Crippen LogP contribution in [0.5, 0.6) is 0 Å². The van der Waals surface area contributed by atoms with Crippen molar-refractivity contribution in [2.45, 2.75) is 58.0 Å². The molecule has 1 aromatic heterocycles. The highest BCUT2D eigenvalue weighted by atomic mass is 16.2. The van der Waals surface area contributed by atoms with Crippen LogP contribution in [-0.2, 0) is 0 Å². The molecule has 1 aromatic carbocycles. The minimum atomic E-state index is -0.118. The van der Waals surface area contributed by atoms with Gasteiger partial charge in [-0.05, 0) is 69.8 Å². The van der Waals surface area contributed by atoms with Gasteiger partial charge in [0.1, 0.15) is 0 Å². The Kier molecular flexibility index (Phi) is 3.88. The molecule has 142 valence electrons. The summed E-state index contributed by atoms with van der Waals surface area (Å²) in [7, 11) is 0. The van der Waals surface area contributed by atoms with Crippen LogP contribution in [0.4, 0.5) is 0 Å². The molecule has 2 saturated carbocycles. The fourth-order valence-corrected chi connectivity index (χ4v) is 5.88. The van der Waals surface area contributed by atoms with Gasteiger partial charge in [-0.15, -0.1) is 0 Å². The number of carbonyl (C=O) groups excluding carboxylic acids is 1. The van der Waals surface area contributed by atoms with Gasteiger partial charge in [-0.3, -0.25) is 9.59 Å². The lowest BCUT2D eigenvalue weighted by Gasteiger charge is -2.39. The van der Waals surface area contributed by atoms with Gasteiger partial charge in [0.25, 0.3) is 11.5 Å². The number of hydrogen-bond donors (Lipinski definition) is 0. The Balaban J connectivity index is 1.62. The van der Waals surface area contributed by atoms with E-state index in [1.807, 2.05) is 38.1 Å². The standard InChI is InChI=1S/C22H27N3O2/c1-13(2)25-21(26)19-6-4-3-5-18(19)20(23-25)22(27)24-12-16-8-14-7-15(9-16)11-17(24)10-14/h3-6,13-17H,7-12H2,1-2H3/t14-,15+,16?,17?. The summed E-state index contributed by atoms with van der Waals surface area (Å²) in [6.07, 6.45) is 6.18. The molecule has 2 aliphatic heterocycles. The zero-order chi connectivity index (χ0) is 18.7. The van der Waals surface area contributed by atoms with E-state index in [0.717, 1.165) is 31.2 Å². The molecule has 4 bridgehead atoms. The monoisotopic (exact) mass is 365 g/mol. The second-order valence-corrected chi connectivity index (χ2v) is 9.13. The van der Waals surface area contributed by atoms with Crippen molar-refractivity contribution in [3.63, 3.8) is 0 Å². The predicted molar refractivity (Wildman–Crippen MR) is 105 cm³/mol. The SMILES string of the molecule is CC(C)n1nc(C(=O)N2CC3C[C@@H]4CC2C[C@H](C3)C4)c2ccccc2c1=O. The highest BCUT2D eigenvalue weighted by Gasteiger charge is 2.44. The van der Waals surface area contributed by atoms with Gasteiger partial charge in [0.2, 0.25) is 0 Å². The normalized spacial score (nSPS) is 29.5. The molecule has 2 aromatic rings. The molecule has 5 nitrogen and oxygen atoms in total. The number of rotatable bonds is 2. The van der Waals surface area contributed by atoms with E-state index in [1.165, 1.54) is 23.9 Å². The Labute approximate surface area is 159 Å². The zero-order valence-corrected chi connectivity index (χ0v) is 16.1. The first kappa shape index (κ1) is 17.0. The maximum absolute atomic E-state index is 13.7. The van der Waals surface area contributed by atoms with Crippen molar-refractivity contribution in [3.8, 4) is 0 Å². The number of aromatic nitrogens is 2. The molecular formula is C22H27N3O2. The van der Waals surface area contributed by atoms with Gasteiger partial charge in [0.05, 0.1) is 11.4 Å². The van der Waals surface area contributed by atoms with Crippen LogP contribution >= 0.6 is 0 Å². The topological polar surface area (TPSA) is 55.2 Å². The van der Waals surface area contributed by atoms with Crippen LogP contribution in [-0.4, -0.2) is 33.2 Å². The Hall–Kier alpha value is -2.17. The van der Waals surface area contributed by atoms with E-state index in [2.05, 4.69) is 10.00 Å². The summed E-state index contributed by atoms with van der Waals surface area (Å²) in [6, 6.07) is 7.68. The first-order valence-corrected chi connectivity index (χ1v) is 10.3. The van der Waals surface area contributed by atoms with Crippen molar-refractivity contribution in [1.82, 2.24) is 14.7 Å². The number of fused-ring (bicyclic) bond motifs is 2. The molecule has 1 amide bonds. The lowest BCUT2D eigenvalue weighted by Crippen LogP contribution is -2.43. The Bertz CT molecular complexity index is 950. The van der Waals surface area contributed by atoms with E-state index in [9.17, 15) is 9.59 Å². The molecule has 2 unspecified atom stereocenters. The Morgan fingerprint density at radius 2 is 1.63 bits per heavy atom. The number of amides is 1. The first-order chi connectivity index (χ1) is 13.0. The van der Waals surface area contributed by atoms with Crippen molar-refractivity contribution in [1.29, 1.82) is 0 Å². The summed E-state index contributed by atoms with van der Waals surface area (Å²) < 4.78 is 1.47. The molecule has 2 aliphatic carbocycles. The summed E-state index contributed by atoms with van der Waals surface area (Å²) in [5, 5.41) is 5.84. The zero-order valence-electron chi connectivity index (χ0n) is 16.1. The third-order valence-corrected chi connectivity index (χ3v) is 6.89. The summed E-state index contributed by atoms with van der Waals surface area (Å²) in [5.41, 5.74) is 0.327. The molecule has 27 heavy (non-hydrogen) atoms. The van der Waals surface area contributed by atoms with Gasteiger partial charge < -0.3 is 4.90 Å². The largest absolute Gasteiger partial charge is 0.334 e. The molecule has 5 heteroatoms. The maximum Gasteiger partial charge on any atom is 0.275 e. The molecule has 4 aliphatic rings. The summed E-state index contributed by atoms with van der Waals surface area (Å²) in [6.45, 7) is 4.72. The third kappa shape index (κ3) is 2.70. The molecule has 0 N–H and O–H groups in total. The molecule has 3 heterocycles. The molecule has 4 atom stereocenters. The molecule has 0 spiro atoms. The van der Waals surface area contributed by atoms with E-state index in [0.29, 0.717) is 28.4 Å². The van der Waals surface area contributed by atoms with Crippen LogP contribution < -0.4 is 5.56 Å². The summed E-state index contributed by atoms with van der Waals surface area (Å²) in [4.78, 5) is 28.6. The number of nitrogens with zero attached hydrogens (tertiary/aromatic N) is 3. The molecule has 6 rings (SSSR count). The van der Waals surface area contributed by atoms with Crippen LogP contribution in [0, 0.1) is 17.8 Å². The second kappa shape index (κ2) is 6.18. The molecule has 2 saturated heterocycles. The predicted octanol–water partition coefficient (Wildman–Crippen LogP) is 3.63. The number of carbonyl (C=O) groups is 1. The van der Waals surface area contributed by atoms with Gasteiger partial charge in [0, 0.05) is 18.0 Å². The first-order valence-electron chi connectivity index (χ1n) is 10.3. The Morgan fingerprint density at radius 1 is 1.00 bits per heavy atom. The molecular weight excluding hydrogens is 338 g/mol. The van der Waals surface area contributed by atoms with Crippen molar-refractivity contribution < 1.29 is 4.79 Å². The van der Waals surface area contributed by atoms with E-state index >= 15 is 0 Å². The van der Waals surface area contributed by atoms with E-state index in [-0.39, 0.29) is 17.5 Å². The molecule has 4 fully saturated rings. The Morgan fingerprint density at radius 3 is 2.30 bits per heavy atom. The van der Waals surface area contributed by atoms with Crippen molar-refractivity contribution >= 4 is 16.7 Å². The van der Waals surface area contributed by atoms with Gasteiger partial charge in [-0.1, -0.05) is 18.2 Å². The van der Waals surface area contributed by atoms with Crippen LogP contribution in [0.15, 0.2) is 29.1 Å². The van der Waals surface area contributed by atoms with Gasteiger partial charge >= 0.3 is 0 Å². The lowest BCUT2D eigenvalue weighted by molar-refractivity contribution is 0.0626. The average molecular weight is 365 g/mol. The van der Waals surface area contributed by atoms with Crippen molar-refractivity contribution in [2.75, 3.05) is 6.54 Å². The van der Waals surface area contributed by atoms with Crippen LogP contribution in [0.3, 0.4) is 0 Å². The summed E-state index contributed by atoms with van der Waals surface area (Å²) >= 11 is 0. The highest BCUT2D eigenvalue weighted by molar-refractivity contribution is 6.05. The van der Waals surface area contributed by atoms with E-state index in [4.69, 9.17) is 0 Å². The highest BCUT2D eigenvalue weighted by Crippen LogP contribution is 2.47. The maximum atomic E-state index is 13.7. The van der Waals surface area contributed by atoms with Gasteiger partial charge in [0.15, 0.2) is 5.69 Å². The minimum absolute atomic E-state index is 0.0128. The lowest BCUT2D eigenvalue weighted by atomic mass is 9.68. The van der Waals surface area contributed by atoms with Crippen molar-refractivity contribution in [2.24, 2.45) is 17.8 Å². The van der Waals surface area contributed by atoms with Crippen LogP contribution in [0.2, 0.25) is 0 Å². The van der Waals surface area contributed by atoms with E-state index < -0.39 is 0 Å². The second-order valence-electron chi connectivity index (χ2n) is 9.13. The van der Waals surface area contributed by atoms with Crippen LogP contribution in [0.25, 0.3) is 10.8 Å². The fourth-order valence-electron chi connectivity index (χ4n) is 5.88. The van der Waals surface area contributed by atoms with Gasteiger partial charge in [-0.25, -0.2) is 4.68 Å². The quantitative estimate of drug-likeness (QED) is 0.817. The number of benzene rings is 1. The van der Waals surface area contributed by atoms with Crippen molar-refractivity contribution in [3.05, 3.63) is 40.3 Å². The van der Waals surface area contributed by atoms with E-state index in [1.54, 1.807) is 0 Å². The summed E-state index contributed by atoms with van der Waals surface area (Å²) in [5.74, 6) is 2.23. The van der Waals surface area contributed by atoms with Gasteiger partial charge in [-0.2, -0.15) is 5.10 Å². The molecule has 0 radical (unpaired) electrons. The third-order valence-electron chi connectivity index (χ3n) is 6.89. The smallest absolute Gasteiger partial charge is 0.275 e. The average Bonchev–Trinajstić information content (AvgIpc) is 2.85. The van der Waals surface area contributed by atoms with Crippen LogP contribution in [0.1, 0.15) is 62.5 Å². The number of hydrogen-bond acceptors (Lipinski definition) is 3.